The molecule has 0 saturated heterocycles. The first-order chi connectivity index (χ1) is 13.9. The predicted molar refractivity (Wildman–Crippen MR) is 111 cm³/mol. The fraction of sp³-hybridized carbons (Fsp3) is 0.619. The van der Waals surface area contributed by atoms with Crippen LogP contribution in [0.2, 0.25) is 0 Å². The zero-order valence-electron chi connectivity index (χ0n) is 17.4. The van der Waals surface area contributed by atoms with Gasteiger partial charge in [0.2, 0.25) is 10.0 Å². The molecule has 0 aliphatic heterocycles. The van der Waals surface area contributed by atoms with E-state index < -0.39 is 10.0 Å². The van der Waals surface area contributed by atoms with Crippen LogP contribution in [-0.4, -0.2) is 51.3 Å². The Kier molecular flexibility index (Phi) is 9.10. The molecular weight excluding hydrogens is 392 g/mol. The van der Waals surface area contributed by atoms with Crippen LogP contribution in [-0.2, 0) is 19.6 Å². The highest BCUT2D eigenvalue weighted by atomic mass is 32.2. The number of esters is 1. The maximum absolute atomic E-state index is 13.0. The van der Waals surface area contributed by atoms with Gasteiger partial charge in [-0.1, -0.05) is 31.7 Å². The number of hydrogen-bond donors (Lipinski definition) is 1. The summed E-state index contributed by atoms with van der Waals surface area (Å²) in [7, 11) is -0.632. The van der Waals surface area contributed by atoms with Crippen LogP contribution in [0.25, 0.3) is 0 Å². The number of carbonyl (C=O) groups is 2. The Bertz CT molecular complexity index is 788. The lowest BCUT2D eigenvalue weighted by Gasteiger charge is -2.30. The summed E-state index contributed by atoms with van der Waals surface area (Å²) in [6, 6.07) is 6.23. The van der Waals surface area contributed by atoms with Gasteiger partial charge in [-0.3, -0.25) is 9.59 Å². The van der Waals surface area contributed by atoms with Crippen molar-refractivity contribution in [3.05, 3.63) is 29.8 Å². The van der Waals surface area contributed by atoms with Gasteiger partial charge in [0, 0.05) is 31.6 Å². The third kappa shape index (κ3) is 6.82. The van der Waals surface area contributed by atoms with Gasteiger partial charge in [0.25, 0.3) is 5.91 Å². The van der Waals surface area contributed by atoms with E-state index in [-0.39, 0.29) is 22.8 Å². The fourth-order valence-corrected chi connectivity index (χ4v) is 5.04. The lowest BCUT2D eigenvalue weighted by atomic mass is 9.96. The van der Waals surface area contributed by atoms with Crippen molar-refractivity contribution in [3.63, 3.8) is 0 Å². The van der Waals surface area contributed by atoms with Crippen molar-refractivity contribution in [2.45, 2.75) is 68.7 Å². The monoisotopic (exact) mass is 424 g/mol. The molecule has 1 saturated carbocycles. The summed E-state index contributed by atoms with van der Waals surface area (Å²) >= 11 is 0. The number of nitrogens with zero attached hydrogens (tertiary/aromatic N) is 1. The molecule has 2 rings (SSSR count). The first kappa shape index (κ1) is 23.3. The summed E-state index contributed by atoms with van der Waals surface area (Å²) in [5.41, 5.74) is 0.331. The van der Waals surface area contributed by atoms with E-state index in [1.165, 1.54) is 23.5 Å². The van der Waals surface area contributed by atoms with E-state index >= 15 is 0 Å². The second-order valence-electron chi connectivity index (χ2n) is 7.48. The Labute approximate surface area is 173 Å². The van der Waals surface area contributed by atoms with Crippen LogP contribution in [0.1, 0.15) is 68.1 Å². The van der Waals surface area contributed by atoms with Gasteiger partial charge in [0.15, 0.2) is 0 Å². The van der Waals surface area contributed by atoms with Crippen molar-refractivity contribution < 1.29 is 22.7 Å². The van der Waals surface area contributed by atoms with Crippen LogP contribution in [0.15, 0.2) is 29.2 Å². The van der Waals surface area contributed by atoms with Crippen molar-refractivity contribution >= 4 is 21.9 Å². The van der Waals surface area contributed by atoms with E-state index in [4.69, 9.17) is 0 Å². The Morgan fingerprint density at radius 1 is 1.14 bits per heavy atom. The average Bonchev–Trinajstić information content (AvgIpc) is 2.75. The number of benzene rings is 1. The number of nitrogens with one attached hydrogen (secondary N) is 1. The summed E-state index contributed by atoms with van der Waals surface area (Å²) in [5.74, 6) is -0.527. The van der Waals surface area contributed by atoms with Crippen molar-refractivity contribution in [1.82, 2.24) is 9.62 Å². The molecule has 1 aliphatic rings. The van der Waals surface area contributed by atoms with Crippen LogP contribution in [0.4, 0.5) is 0 Å². The normalized spacial score (nSPS) is 15.3. The Morgan fingerprint density at radius 3 is 2.55 bits per heavy atom. The summed E-state index contributed by atoms with van der Waals surface area (Å²) in [5, 5.41) is 2.81. The molecule has 1 amide bonds. The molecule has 1 fully saturated rings. The van der Waals surface area contributed by atoms with Crippen LogP contribution < -0.4 is 5.32 Å². The molecule has 0 bridgehead atoms. The molecule has 0 heterocycles. The summed E-state index contributed by atoms with van der Waals surface area (Å²) in [4.78, 5) is 23.6. The number of amides is 1. The molecule has 0 atom stereocenters. The van der Waals surface area contributed by atoms with Gasteiger partial charge in [-0.15, -0.1) is 0 Å². The number of sulfonamides is 1. The van der Waals surface area contributed by atoms with Crippen LogP contribution >= 0.6 is 0 Å². The molecular formula is C21H32N2O5S. The number of ether oxygens (including phenoxy) is 1. The number of rotatable bonds is 10. The number of carbonyl (C=O) groups excluding carboxylic acids is 2. The summed E-state index contributed by atoms with van der Waals surface area (Å²) < 4.78 is 32.0. The first-order valence-electron chi connectivity index (χ1n) is 10.3. The van der Waals surface area contributed by atoms with Crippen molar-refractivity contribution in [2.75, 3.05) is 20.7 Å². The van der Waals surface area contributed by atoms with Crippen LogP contribution in [0.5, 0.6) is 0 Å². The smallest absolute Gasteiger partial charge is 0.305 e. The third-order valence-corrected chi connectivity index (χ3v) is 7.34. The molecule has 1 aromatic rings. The van der Waals surface area contributed by atoms with Gasteiger partial charge in [0.1, 0.15) is 0 Å². The van der Waals surface area contributed by atoms with Gasteiger partial charge in [-0.25, -0.2) is 8.42 Å². The van der Waals surface area contributed by atoms with Crippen molar-refractivity contribution in [1.29, 1.82) is 0 Å². The van der Waals surface area contributed by atoms with Gasteiger partial charge in [-0.2, -0.15) is 4.31 Å². The molecule has 1 N–H and O–H groups in total. The van der Waals surface area contributed by atoms with E-state index in [0.29, 0.717) is 24.9 Å². The van der Waals surface area contributed by atoms with E-state index in [1.54, 1.807) is 19.2 Å². The molecule has 29 heavy (non-hydrogen) atoms. The van der Waals surface area contributed by atoms with Gasteiger partial charge >= 0.3 is 5.97 Å². The Hall–Kier alpha value is -1.93. The largest absolute Gasteiger partial charge is 0.469 e. The lowest BCUT2D eigenvalue weighted by molar-refractivity contribution is -0.140. The summed E-state index contributed by atoms with van der Waals surface area (Å²) in [6.07, 6.45) is 7.64. The van der Waals surface area contributed by atoms with E-state index in [2.05, 4.69) is 10.1 Å². The maximum Gasteiger partial charge on any atom is 0.305 e. The standard InChI is InChI=1S/C21H32N2O5S/c1-23(18-11-5-3-6-12-18)29(26,27)19-13-9-10-17(16-19)21(25)22-15-8-4-7-14-20(24)28-2/h9-10,13,16,18H,3-8,11-12,14-15H2,1-2H3,(H,22,25). The number of methoxy groups -OCH3 is 1. The second-order valence-corrected chi connectivity index (χ2v) is 9.48. The highest BCUT2D eigenvalue weighted by Crippen LogP contribution is 2.26. The number of unbranched alkanes of at least 4 members (excludes halogenated alkanes) is 2. The van der Waals surface area contributed by atoms with E-state index in [0.717, 1.165) is 44.9 Å². The molecule has 1 aliphatic carbocycles. The molecule has 162 valence electrons. The van der Waals surface area contributed by atoms with Gasteiger partial charge in [0.05, 0.1) is 12.0 Å². The molecule has 0 unspecified atom stereocenters. The third-order valence-electron chi connectivity index (χ3n) is 5.43. The zero-order chi connectivity index (χ0) is 21.3. The summed E-state index contributed by atoms with van der Waals surface area (Å²) in [6.45, 7) is 0.471. The Balaban J connectivity index is 1.90. The number of hydrogen-bond acceptors (Lipinski definition) is 5. The highest BCUT2D eigenvalue weighted by molar-refractivity contribution is 7.89. The molecule has 8 heteroatoms. The molecule has 0 spiro atoms. The second kappa shape index (κ2) is 11.3. The lowest BCUT2D eigenvalue weighted by Crippen LogP contribution is -2.38. The van der Waals surface area contributed by atoms with Gasteiger partial charge < -0.3 is 10.1 Å². The molecule has 7 nitrogen and oxygen atoms in total. The fourth-order valence-electron chi connectivity index (χ4n) is 3.58. The Morgan fingerprint density at radius 2 is 1.86 bits per heavy atom. The topological polar surface area (TPSA) is 92.8 Å². The quantitative estimate of drug-likeness (QED) is 0.460. The van der Waals surface area contributed by atoms with Crippen molar-refractivity contribution in [3.8, 4) is 0 Å². The van der Waals surface area contributed by atoms with Crippen molar-refractivity contribution in [2.24, 2.45) is 0 Å². The average molecular weight is 425 g/mol. The van der Waals surface area contributed by atoms with Crippen LogP contribution in [0, 0.1) is 0 Å². The molecule has 0 radical (unpaired) electrons. The maximum atomic E-state index is 13.0. The van der Waals surface area contributed by atoms with E-state index in [9.17, 15) is 18.0 Å². The zero-order valence-corrected chi connectivity index (χ0v) is 18.2. The predicted octanol–water partition coefficient (Wildman–Crippen LogP) is 3.10. The highest BCUT2D eigenvalue weighted by Gasteiger charge is 2.29. The minimum absolute atomic E-state index is 0.0243. The van der Waals surface area contributed by atoms with E-state index in [1.807, 2.05) is 0 Å². The first-order valence-corrected chi connectivity index (χ1v) is 11.7. The molecule has 0 aromatic heterocycles. The minimum Gasteiger partial charge on any atom is -0.469 e. The minimum atomic E-state index is -3.63. The molecule has 1 aromatic carbocycles. The van der Waals surface area contributed by atoms with Gasteiger partial charge in [-0.05, 0) is 43.9 Å². The van der Waals surface area contributed by atoms with Crippen LogP contribution in [0.3, 0.4) is 0 Å². The SMILES string of the molecule is COC(=O)CCCCCNC(=O)c1cccc(S(=O)(=O)N(C)C2CCCCC2)c1.